The number of methoxy groups -OCH3 is 1. The second-order valence-corrected chi connectivity index (χ2v) is 6.18. The molecule has 8 nitrogen and oxygen atoms in total. The summed E-state index contributed by atoms with van der Waals surface area (Å²) >= 11 is 0. The van der Waals surface area contributed by atoms with Crippen LogP contribution in [-0.2, 0) is 27.5 Å². The SMILES string of the molecule is COc1ccc(CNC(=O)CN2C(=O)C(=O)N(Cc3ccccc3)C2=O)cc1. The molecule has 2 aromatic rings. The van der Waals surface area contributed by atoms with Crippen LogP contribution in [0.1, 0.15) is 11.1 Å². The Balaban J connectivity index is 1.58. The molecule has 0 aliphatic carbocycles. The van der Waals surface area contributed by atoms with Crippen molar-refractivity contribution in [2.24, 2.45) is 0 Å². The van der Waals surface area contributed by atoms with Crippen LogP contribution in [0.3, 0.4) is 0 Å². The van der Waals surface area contributed by atoms with E-state index in [9.17, 15) is 19.2 Å². The van der Waals surface area contributed by atoms with Crippen molar-refractivity contribution in [3.63, 3.8) is 0 Å². The number of rotatable bonds is 7. The molecule has 0 bridgehead atoms. The molecule has 1 fully saturated rings. The van der Waals surface area contributed by atoms with Crippen molar-refractivity contribution < 1.29 is 23.9 Å². The van der Waals surface area contributed by atoms with Crippen molar-refractivity contribution in [1.29, 1.82) is 0 Å². The second-order valence-electron chi connectivity index (χ2n) is 6.18. The van der Waals surface area contributed by atoms with Gasteiger partial charge < -0.3 is 10.1 Å². The van der Waals surface area contributed by atoms with Gasteiger partial charge in [-0.05, 0) is 23.3 Å². The van der Waals surface area contributed by atoms with E-state index >= 15 is 0 Å². The molecule has 2 aromatic carbocycles. The van der Waals surface area contributed by atoms with E-state index in [1.807, 2.05) is 6.07 Å². The van der Waals surface area contributed by atoms with E-state index in [-0.39, 0.29) is 13.1 Å². The normalized spacial score (nSPS) is 13.8. The summed E-state index contributed by atoms with van der Waals surface area (Å²) in [6.45, 7) is -0.306. The van der Waals surface area contributed by atoms with Crippen LogP contribution in [-0.4, -0.2) is 47.2 Å². The maximum absolute atomic E-state index is 12.4. The minimum Gasteiger partial charge on any atom is -0.497 e. The first-order valence-electron chi connectivity index (χ1n) is 8.60. The van der Waals surface area contributed by atoms with Crippen LogP contribution >= 0.6 is 0 Å². The summed E-state index contributed by atoms with van der Waals surface area (Å²) in [5.41, 5.74) is 1.54. The highest BCUT2D eigenvalue weighted by Crippen LogP contribution is 2.16. The van der Waals surface area contributed by atoms with Gasteiger partial charge in [0.05, 0.1) is 13.7 Å². The molecule has 3 rings (SSSR count). The third-order valence-electron chi connectivity index (χ3n) is 4.27. The zero-order chi connectivity index (χ0) is 20.1. The van der Waals surface area contributed by atoms with Crippen molar-refractivity contribution in [1.82, 2.24) is 15.1 Å². The van der Waals surface area contributed by atoms with Gasteiger partial charge in [0, 0.05) is 6.54 Å². The highest BCUT2D eigenvalue weighted by atomic mass is 16.5. The van der Waals surface area contributed by atoms with Crippen molar-refractivity contribution in [2.45, 2.75) is 13.1 Å². The van der Waals surface area contributed by atoms with Gasteiger partial charge in [0.2, 0.25) is 5.91 Å². The predicted molar refractivity (Wildman–Crippen MR) is 98.9 cm³/mol. The molecule has 8 heteroatoms. The maximum atomic E-state index is 12.4. The fourth-order valence-corrected chi connectivity index (χ4v) is 2.74. The molecule has 0 unspecified atom stereocenters. The molecule has 28 heavy (non-hydrogen) atoms. The predicted octanol–water partition coefficient (Wildman–Crippen LogP) is 1.30. The van der Waals surface area contributed by atoms with E-state index < -0.39 is 30.3 Å². The topological polar surface area (TPSA) is 96.0 Å². The summed E-state index contributed by atoms with van der Waals surface area (Å²) in [4.78, 5) is 50.3. The van der Waals surface area contributed by atoms with E-state index in [0.717, 1.165) is 10.5 Å². The monoisotopic (exact) mass is 381 g/mol. The number of hydrogen-bond donors (Lipinski definition) is 1. The smallest absolute Gasteiger partial charge is 0.335 e. The average molecular weight is 381 g/mol. The molecule has 0 spiro atoms. The number of amides is 5. The lowest BCUT2D eigenvalue weighted by Gasteiger charge is -2.15. The molecule has 5 amide bonds. The highest BCUT2D eigenvalue weighted by molar-refractivity contribution is 6.44. The van der Waals surface area contributed by atoms with E-state index in [1.54, 1.807) is 55.6 Å². The lowest BCUT2D eigenvalue weighted by molar-refractivity contribution is -0.144. The van der Waals surface area contributed by atoms with Crippen molar-refractivity contribution in [2.75, 3.05) is 13.7 Å². The van der Waals surface area contributed by atoms with Crippen LogP contribution in [0.25, 0.3) is 0 Å². The molecule has 1 N–H and O–H groups in total. The molecule has 1 saturated heterocycles. The quantitative estimate of drug-likeness (QED) is 0.576. The van der Waals surface area contributed by atoms with Gasteiger partial charge in [-0.2, -0.15) is 0 Å². The van der Waals surface area contributed by atoms with Crippen LogP contribution in [0.2, 0.25) is 0 Å². The van der Waals surface area contributed by atoms with E-state index in [0.29, 0.717) is 16.2 Å². The van der Waals surface area contributed by atoms with Crippen LogP contribution in [0.15, 0.2) is 54.6 Å². The Kier molecular flexibility index (Phi) is 5.69. The molecule has 144 valence electrons. The van der Waals surface area contributed by atoms with Gasteiger partial charge in [-0.25, -0.2) is 9.69 Å². The van der Waals surface area contributed by atoms with Gasteiger partial charge in [0.1, 0.15) is 12.3 Å². The van der Waals surface area contributed by atoms with Gasteiger partial charge in [-0.15, -0.1) is 0 Å². The number of hydrogen-bond acceptors (Lipinski definition) is 5. The largest absolute Gasteiger partial charge is 0.497 e. The Labute approximate surface area is 161 Å². The van der Waals surface area contributed by atoms with Gasteiger partial charge in [0.15, 0.2) is 0 Å². The van der Waals surface area contributed by atoms with E-state index in [4.69, 9.17) is 4.74 Å². The Morgan fingerprint density at radius 2 is 1.54 bits per heavy atom. The average Bonchev–Trinajstić information content (AvgIpc) is 2.91. The lowest BCUT2D eigenvalue weighted by atomic mass is 10.2. The maximum Gasteiger partial charge on any atom is 0.335 e. The summed E-state index contributed by atoms with van der Waals surface area (Å²) in [6.07, 6.45) is 0. The number of nitrogens with zero attached hydrogens (tertiary/aromatic N) is 2. The lowest BCUT2D eigenvalue weighted by Crippen LogP contribution is -2.41. The molecular formula is C20H19N3O5. The number of carbonyl (C=O) groups is 4. The Bertz CT molecular complexity index is 896. The van der Waals surface area contributed by atoms with E-state index in [1.165, 1.54) is 0 Å². The molecule has 1 aliphatic rings. The van der Waals surface area contributed by atoms with Gasteiger partial charge in [0.25, 0.3) is 0 Å². The number of nitrogens with one attached hydrogen (secondary N) is 1. The zero-order valence-corrected chi connectivity index (χ0v) is 15.3. The van der Waals surface area contributed by atoms with Gasteiger partial charge >= 0.3 is 17.8 Å². The van der Waals surface area contributed by atoms with Crippen molar-refractivity contribution >= 4 is 23.8 Å². The van der Waals surface area contributed by atoms with Crippen LogP contribution in [0, 0.1) is 0 Å². The van der Waals surface area contributed by atoms with Crippen molar-refractivity contribution in [3.8, 4) is 5.75 Å². The Morgan fingerprint density at radius 1 is 0.893 bits per heavy atom. The second kappa shape index (κ2) is 8.34. The minimum atomic E-state index is -1.000. The summed E-state index contributed by atoms with van der Waals surface area (Å²) < 4.78 is 5.06. The number of benzene rings is 2. The Hall–Kier alpha value is -3.68. The summed E-state index contributed by atoms with van der Waals surface area (Å²) in [6, 6.07) is 15.1. The standard InChI is InChI=1S/C20H19N3O5/c1-28-16-9-7-14(8-10-16)11-21-17(24)13-23-19(26)18(25)22(20(23)27)12-15-5-3-2-4-6-15/h2-10H,11-13H2,1H3,(H,21,24). The molecule has 0 aromatic heterocycles. The van der Waals surface area contributed by atoms with Crippen LogP contribution < -0.4 is 10.1 Å². The molecule has 0 radical (unpaired) electrons. The molecular weight excluding hydrogens is 362 g/mol. The van der Waals surface area contributed by atoms with Gasteiger partial charge in [-0.3, -0.25) is 19.3 Å². The van der Waals surface area contributed by atoms with Crippen LogP contribution in [0.4, 0.5) is 4.79 Å². The third kappa shape index (κ3) is 4.17. The highest BCUT2D eigenvalue weighted by Gasteiger charge is 2.45. The first kappa shape index (κ1) is 19.1. The summed E-state index contributed by atoms with van der Waals surface area (Å²) in [5, 5.41) is 2.63. The molecule has 1 heterocycles. The molecule has 0 atom stereocenters. The summed E-state index contributed by atoms with van der Waals surface area (Å²) in [7, 11) is 1.56. The molecule has 1 aliphatic heterocycles. The first-order valence-corrected chi connectivity index (χ1v) is 8.60. The summed E-state index contributed by atoms with van der Waals surface area (Å²) in [5.74, 6) is -1.77. The number of carbonyl (C=O) groups excluding carboxylic acids is 4. The zero-order valence-electron chi connectivity index (χ0n) is 15.3. The number of urea groups is 1. The minimum absolute atomic E-state index is 0.0196. The van der Waals surface area contributed by atoms with E-state index in [2.05, 4.69) is 5.32 Å². The fourth-order valence-electron chi connectivity index (χ4n) is 2.74. The van der Waals surface area contributed by atoms with Crippen LogP contribution in [0.5, 0.6) is 5.75 Å². The third-order valence-corrected chi connectivity index (χ3v) is 4.27. The number of ether oxygens (including phenoxy) is 1. The first-order chi connectivity index (χ1) is 13.5. The Morgan fingerprint density at radius 3 is 2.18 bits per heavy atom. The molecule has 0 saturated carbocycles. The fraction of sp³-hybridized carbons (Fsp3) is 0.200. The van der Waals surface area contributed by atoms with Crippen molar-refractivity contribution in [3.05, 3.63) is 65.7 Å². The van der Waals surface area contributed by atoms with Gasteiger partial charge in [-0.1, -0.05) is 42.5 Å². The number of imide groups is 2.